The van der Waals surface area contributed by atoms with Crippen LogP contribution in [0.3, 0.4) is 0 Å². The van der Waals surface area contributed by atoms with Crippen LogP contribution >= 0.6 is 0 Å². The van der Waals surface area contributed by atoms with Gasteiger partial charge in [0.25, 0.3) is 0 Å². The third-order valence-corrected chi connectivity index (χ3v) is 10.4. The van der Waals surface area contributed by atoms with Crippen LogP contribution in [-0.2, 0) is 0 Å². The maximum absolute atomic E-state index is 4.89. The molecule has 5 rings (SSSR count). The molecular weight excluding hydrogens is 464 g/mol. The number of hydrogen-bond acceptors (Lipinski definition) is 2. The van der Waals surface area contributed by atoms with E-state index >= 15 is 0 Å². The van der Waals surface area contributed by atoms with E-state index in [1.54, 1.807) is 0 Å². The van der Waals surface area contributed by atoms with E-state index in [0.29, 0.717) is 0 Å². The van der Waals surface area contributed by atoms with E-state index in [9.17, 15) is 0 Å². The van der Waals surface area contributed by atoms with Gasteiger partial charge in [-0.15, -0.1) is 0 Å². The maximum Gasteiger partial charge on any atom is 0.106 e. The smallest absolute Gasteiger partial charge is 0.106 e. The van der Waals surface area contributed by atoms with E-state index in [-0.39, 0.29) is 0 Å². The number of aromatic nitrogens is 2. The zero-order chi connectivity index (χ0) is 26.5. The van der Waals surface area contributed by atoms with Crippen molar-refractivity contribution in [3.8, 4) is 11.4 Å². The summed E-state index contributed by atoms with van der Waals surface area (Å²) in [7, 11) is -1.96. The maximum atomic E-state index is 4.89. The second-order valence-corrected chi connectivity index (χ2v) is 15.5. The molecule has 2 aromatic carbocycles. The molecule has 1 aliphatic heterocycles. The lowest BCUT2D eigenvalue weighted by Gasteiger charge is -2.24. The zero-order valence-corrected chi connectivity index (χ0v) is 24.3. The lowest BCUT2D eigenvalue weighted by atomic mass is 9.83. The van der Waals surface area contributed by atoms with Crippen LogP contribution in [0.5, 0.6) is 0 Å². The number of benzene rings is 2. The molecule has 0 aliphatic carbocycles. The van der Waals surface area contributed by atoms with Gasteiger partial charge in [0, 0.05) is 12.4 Å². The molecule has 2 nitrogen and oxygen atoms in total. The van der Waals surface area contributed by atoms with Crippen LogP contribution in [-0.4, -0.2) is 18.0 Å². The largest absolute Gasteiger partial charge is 0.255 e. The average molecular weight is 501 g/mol. The molecule has 0 fully saturated rings. The Morgan fingerprint density at radius 3 is 1.70 bits per heavy atom. The van der Waals surface area contributed by atoms with Crippen LogP contribution < -0.4 is 0 Å². The molecule has 0 unspecified atom stereocenters. The van der Waals surface area contributed by atoms with Gasteiger partial charge in [0.1, 0.15) is 8.07 Å². The first-order valence-electron chi connectivity index (χ1n) is 13.1. The van der Waals surface area contributed by atoms with E-state index in [4.69, 9.17) is 4.98 Å². The molecule has 0 radical (unpaired) electrons. The highest BCUT2D eigenvalue weighted by Crippen LogP contribution is 2.51. The first-order valence-corrected chi connectivity index (χ1v) is 16.2. The second-order valence-electron chi connectivity index (χ2n) is 11.2. The van der Waals surface area contributed by atoms with Crippen molar-refractivity contribution in [3.63, 3.8) is 0 Å². The highest BCUT2D eigenvalue weighted by Gasteiger charge is 2.38. The minimum absolute atomic E-state index is 0.904. The molecule has 0 amide bonds. The minimum Gasteiger partial charge on any atom is -0.255 e. The van der Waals surface area contributed by atoms with Crippen molar-refractivity contribution >= 4 is 24.4 Å². The highest BCUT2D eigenvalue weighted by molar-refractivity contribution is 7.02. The molecule has 37 heavy (non-hydrogen) atoms. The Morgan fingerprint density at radius 1 is 0.622 bits per heavy atom. The van der Waals surface area contributed by atoms with Gasteiger partial charge in [-0.2, -0.15) is 0 Å². The molecule has 1 aliphatic rings. The number of hydrogen-bond donors (Lipinski definition) is 0. The lowest BCUT2D eigenvalue weighted by molar-refractivity contribution is 1.24. The van der Waals surface area contributed by atoms with Gasteiger partial charge in [0.2, 0.25) is 0 Å². The molecule has 186 valence electrons. The van der Waals surface area contributed by atoms with Crippen molar-refractivity contribution in [2.24, 2.45) is 0 Å². The first kappa shape index (κ1) is 25.1. The second kappa shape index (κ2) is 9.39. The number of pyridine rings is 2. The van der Waals surface area contributed by atoms with E-state index in [1.165, 1.54) is 66.4 Å². The van der Waals surface area contributed by atoms with Gasteiger partial charge in [-0.05, 0) is 115 Å². The zero-order valence-electron chi connectivity index (χ0n) is 23.3. The van der Waals surface area contributed by atoms with E-state index in [2.05, 4.69) is 108 Å². The molecule has 0 atom stereocenters. The number of aryl methyl sites for hydroxylation is 6. The molecule has 0 saturated carbocycles. The molecular formula is C34H36N2Si. The summed E-state index contributed by atoms with van der Waals surface area (Å²) < 4.78 is 0. The topological polar surface area (TPSA) is 25.8 Å². The van der Waals surface area contributed by atoms with Crippen molar-refractivity contribution in [2.45, 2.75) is 54.6 Å². The van der Waals surface area contributed by atoms with Crippen LogP contribution in [0.15, 0.2) is 72.7 Å². The Kier molecular flexibility index (Phi) is 6.37. The predicted molar refractivity (Wildman–Crippen MR) is 161 cm³/mol. The summed E-state index contributed by atoms with van der Waals surface area (Å²) in [5.74, 6) is 0. The highest BCUT2D eigenvalue weighted by atomic mass is 28.3. The standard InChI is InChI=1S/C34H36N2Si/c1-21-15-23(3)31(24(4)16-21)28-20-37(7,8)34(33(28)32-25(5)17-22(2)18-26(32)6)27-12-13-30(36-19-27)29-11-9-10-14-35-29/h9-20H,1-8H3. The molecule has 0 N–H and O–H groups in total. The minimum atomic E-state index is -1.96. The van der Waals surface area contributed by atoms with Gasteiger partial charge >= 0.3 is 0 Å². The third kappa shape index (κ3) is 4.53. The first-order chi connectivity index (χ1) is 17.6. The molecule has 4 aromatic rings. The van der Waals surface area contributed by atoms with Gasteiger partial charge in [0.15, 0.2) is 0 Å². The summed E-state index contributed by atoms with van der Waals surface area (Å²) in [6.45, 7) is 18.4. The Labute approximate surface area is 222 Å². The average Bonchev–Trinajstić information content (AvgIpc) is 3.08. The van der Waals surface area contributed by atoms with Crippen LogP contribution in [0, 0.1) is 41.5 Å². The fourth-order valence-corrected chi connectivity index (χ4v) is 9.27. The normalized spacial score (nSPS) is 14.8. The fourth-order valence-electron chi connectivity index (χ4n) is 6.32. The van der Waals surface area contributed by atoms with E-state index in [0.717, 1.165) is 11.4 Å². The van der Waals surface area contributed by atoms with Crippen LogP contribution in [0.25, 0.3) is 27.7 Å². The molecule has 0 spiro atoms. The molecule has 0 bridgehead atoms. The van der Waals surface area contributed by atoms with Gasteiger partial charge in [-0.1, -0.05) is 66.3 Å². The lowest BCUT2D eigenvalue weighted by Crippen LogP contribution is -2.23. The van der Waals surface area contributed by atoms with Crippen molar-refractivity contribution in [1.82, 2.24) is 9.97 Å². The van der Waals surface area contributed by atoms with Gasteiger partial charge in [-0.25, -0.2) is 0 Å². The Morgan fingerprint density at radius 2 is 1.19 bits per heavy atom. The molecule has 3 heterocycles. The van der Waals surface area contributed by atoms with Gasteiger partial charge < -0.3 is 0 Å². The monoisotopic (exact) mass is 500 g/mol. The summed E-state index contributed by atoms with van der Waals surface area (Å²) in [6.07, 6.45) is 3.89. The quantitative estimate of drug-likeness (QED) is 0.262. The van der Waals surface area contributed by atoms with Crippen molar-refractivity contribution < 1.29 is 0 Å². The van der Waals surface area contributed by atoms with Crippen molar-refractivity contribution in [1.29, 1.82) is 0 Å². The molecule has 0 saturated heterocycles. The molecule has 2 aromatic heterocycles. The Hall–Kier alpha value is -3.56. The van der Waals surface area contributed by atoms with E-state index < -0.39 is 8.07 Å². The van der Waals surface area contributed by atoms with Crippen LogP contribution in [0.2, 0.25) is 13.1 Å². The van der Waals surface area contributed by atoms with Gasteiger partial charge in [-0.3, -0.25) is 9.97 Å². The summed E-state index contributed by atoms with van der Waals surface area (Å²) >= 11 is 0. The summed E-state index contributed by atoms with van der Waals surface area (Å²) in [5.41, 5.74) is 19.2. The Balaban J connectivity index is 1.80. The van der Waals surface area contributed by atoms with E-state index in [1.807, 2.05) is 24.4 Å². The van der Waals surface area contributed by atoms with Crippen molar-refractivity contribution in [2.75, 3.05) is 0 Å². The number of allylic oxidation sites excluding steroid dienone is 2. The third-order valence-electron chi connectivity index (χ3n) is 7.52. The Bertz CT molecular complexity index is 1530. The SMILES string of the molecule is Cc1cc(C)c(C2=C[Si](C)(C)C(c3ccc(-c4ccccn4)nc3)=C2c2c(C)cc(C)cc2C)c(C)c1. The number of rotatable bonds is 4. The van der Waals surface area contributed by atoms with Crippen LogP contribution in [0.4, 0.5) is 0 Å². The van der Waals surface area contributed by atoms with Crippen molar-refractivity contribution in [3.05, 3.63) is 123 Å². The summed E-state index contributed by atoms with van der Waals surface area (Å²) in [4.78, 5) is 9.39. The predicted octanol–water partition coefficient (Wildman–Crippen LogP) is 8.79. The van der Waals surface area contributed by atoms with Crippen LogP contribution in [0.1, 0.15) is 50.1 Å². The fraction of sp³-hybridized carbons (Fsp3) is 0.235. The molecule has 3 heteroatoms. The van der Waals surface area contributed by atoms with Gasteiger partial charge in [0.05, 0.1) is 11.4 Å². The summed E-state index contributed by atoms with van der Waals surface area (Å²) in [6, 6.07) is 19.7. The summed E-state index contributed by atoms with van der Waals surface area (Å²) in [5, 5.41) is 1.47. The number of nitrogens with zero attached hydrogens (tertiary/aromatic N) is 2.